The van der Waals surface area contributed by atoms with E-state index in [0.29, 0.717) is 11.2 Å². The maximum Gasteiger partial charge on any atom is 0.258 e. The number of nitrogens with one attached hydrogen (secondary N) is 1. The maximum atomic E-state index is 12.4. The smallest absolute Gasteiger partial charge is 0.256 e. The average Bonchev–Trinajstić information content (AvgIpc) is 2.79. The van der Waals surface area contributed by atoms with Gasteiger partial charge in [-0.15, -0.1) is 0 Å². The molecular formula is C12H20BrN3O2S. The zero-order valence-corrected chi connectivity index (χ0v) is 13.7. The summed E-state index contributed by atoms with van der Waals surface area (Å²) in [4.78, 5) is 0. The summed E-state index contributed by atoms with van der Waals surface area (Å²) < 4.78 is 29.1. The van der Waals surface area contributed by atoms with E-state index in [-0.39, 0.29) is 10.6 Å². The van der Waals surface area contributed by atoms with Crippen LogP contribution in [-0.2, 0) is 17.1 Å². The number of rotatable bonds is 4. The third kappa shape index (κ3) is 3.20. The summed E-state index contributed by atoms with van der Waals surface area (Å²) in [7, 11) is -1.88. The van der Waals surface area contributed by atoms with Gasteiger partial charge >= 0.3 is 0 Å². The van der Waals surface area contributed by atoms with Crippen LogP contribution in [0.4, 0.5) is 0 Å². The predicted molar refractivity (Wildman–Crippen MR) is 77.7 cm³/mol. The Morgan fingerprint density at radius 2 is 2.16 bits per heavy atom. The van der Waals surface area contributed by atoms with Gasteiger partial charge in [0.25, 0.3) is 10.0 Å². The summed E-state index contributed by atoms with van der Waals surface area (Å²) in [6.45, 7) is 2.22. The van der Waals surface area contributed by atoms with Gasteiger partial charge in [-0.2, -0.15) is 5.10 Å². The first kappa shape index (κ1) is 15.0. The van der Waals surface area contributed by atoms with E-state index >= 15 is 0 Å². The number of alkyl halides is 1. The van der Waals surface area contributed by atoms with Crippen molar-refractivity contribution in [1.82, 2.24) is 14.5 Å². The molecule has 1 saturated carbocycles. The third-order valence-corrected chi connectivity index (χ3v) is 6.62. The fourth-order valence-electron chi connectivity index (χ4n) is 2.54. The van der Waals surface area contributed by atoms with Crippen LogP contribution in [0.2, 0.25) is 0 Å². The Morgan fingerprint density at radius 1 is 1.53 bits per heavy atom. The molecule has 0 saturated heterocycles. The highest BCUT2D eigenvalue weighted by molar-refractivity contribution is 9.09. The second-order valence-corrected chi connectivity index (χ2v) is 7.69. The summed E-state index contributed by atoms with van der Waals surface area (Å²) >= 11 is 3.47. The van der Waals surface area contributed by atoms with Crippen LogP contribution < -0.4 is 4.72 Å². The molecule has 19 heavy (non-hydrogen) atoms. The number of hydrogen-bond donors (Lipinski definition) is 1. The van der Waals surface area contributed by atoms with Gasteiger partial charge in [-0.1, -0.05) is 22.9 Å². The molecule has 7 heteroatoms. The molecule has 0 aliphatic heterocycles. The van der Waals surface area contributed by atoms with Gasteiger partial charge < -0.3 is 0 Å². The molecule has 0 aromatic carbocycles. The number of halogens is 1. The van der Waals surface area contributed by atoms with Crippen molar-refractivity contribution >= 4 is 26.0 Å². The lowest BCUT2D eigenvalue weighted by molar-refractivity contribution is 0.249. The van der Waals surface area contributed by atoms with E-state index in [1.807, 2.05) is 0 Å². The monoisotopic (exact) mass is 349 g/mol. The number of hydrogen-bond acceptors (Lipinski definition) is 3. The van der Waals surface area contributed by atoms with Gasteiger partial charge in [0.15, 0.2) is 5.03 Å². The highest BCUT2D eigenvalue weighted by Crippen LogP contribution is 2.34. The van der Waals surface area contributed by atoms with E-state index in [4.69, 9.17) is 0 Å². The minimum Gasteiger partial charge on any atom is -0.256 e. The van der Waals surface area contributed by atoms with Crippen LogP contribution in [0.1, 0.15) is 32.6 Å². The van der Waals surface area contributed by atoms with E-state index in [1.165, 1.54) is 16.9 Å². The highest BCUT2D eigenvalue weighted by Gasteiger charge is 2.37. The summed E-state index contributed by atoms with van der Waals surface area (Å²) in [6, 6.07) is 1.52. The molecule has 0 bridgehead atoms. The molecule has 0 radical (unpaired) electrons. The van der Waals surface area contributed by atoms with Crippen molar-refractivity contribution < 1.29 is 8.42 Å². The second-order valence-electron chi connectivity index (χ2n) is 5.50. The van der Waals surface area contributed by atoms with Gasteiger partial charge in [0.2, 0.25) is 0 Å². The van der Waals surface area contributed by atoms with E-state index in [0.717, 1.165) is 25.7 Å². The van der Waals surface area contributed by atoms with E-state index < -0.39 is 10.0 Å². The molecule has 1 aromatic heterocycles. The quantitative estimate of drug-likeness (QED) is 0.846. The molecule has 0 amide bonds. The summed E-state index contributed by atoms with van der Waals surface area (Å²) in [6.07, 6.45) is 5.35. The molecule has 1 aliphatic rings. The molecule has 2 rings (SSSR count). The van der Waals surface area contributed by atoms with Gasteiger partial charge in [0.1, 0.15) is 0 Å². The molecule has 108 valence electrons. The maximum absolute atomic E-state index is 12.4. The molecule has 1 fully saturated rings. The van der Waals surface area contributed by atoms with Crippen LogP contribution in [0.15, 0.2) is 17.3 Å². The van der Waals surface area contributed by atoms with Crippen molar-refractivity contribution in [3.05, 3.63) is 12.3 Å². The van der Waals surface area contributed by atoms with Crippen molar-refractivity contribution in [3.8, 4) is 0 Å². The first-order chi connectivity index (χ1) is 8.88. The largest absolute Gasteiger partial charge is 0.258 e. The van der Waals surface area contributed by atoms with Crippen LogP contribution in [0.5, 0.6) is 0 Å². The van der Waals surface area contributed by atoms with E-state index in [2.05, 4.69) is 32.7 Å². The molecule has 0 unspecified atom stereocenters. The number of aryl methyl sites for hydroxylation is 1. The van der Waals surface area contributed by atoms with Crippen LogP contribution >= 0.6 is 15.9 Å². The van der Waals surface area contributed by atoms with Crippen LogP contribution in [0.25, 0.3) is 0 Å². The fourth-order valence-corrected chi connectivity index (χ4v) is 5.01. The lowest BCUT2D eigenvalue weighted by Crippen LogP contribution is -2.52. The molecule has 1 aliphatic carbocycles. The molecule has 1 aromatic rings. The van der Waals surface area contributed by atoms with Crippen LogP contribution in [0, 0.1) is 5.92 Å². The Hall–Kier alpha value is -0.400. The fraction of sp³-hybridized carbons (Fsp3) is 0.750. The van der Waals surface area contributed by atoms with Gasteiger partial charge in [0, 0.05) is 17.9 Å². The van der Waals surface area contributed by atoms with Crippen molar-refractivity contribution in [1.29, 1.82) is 0 Å². The zero-order valence-electron chi connectivity index (χ0n) is 11.3. The topological polar surface area (TPSA) is 64.0 Å². The zero-order chi connectivity index (χ0) is 14.1. The van der Waals surface area contributed by atoms with Gasteiger partial charge in [-0.3, -0.25) is 4.68 Å². The molecule has 1 heterocycles. The molecular weight excluding hydrogens is 330 g/mol. The molecule has 0 spiro atoms. The highest BCUT2D eigenvalue weighted by atomic mass is 79.9. The second kappa shape index (κ2) is 5.54. The Morgan fingerprint density at radius 3 is 2.63 bits per heavy atom. The molecule has 5 nitrogen and oxygen atoms in total. The predicted octanol–water partition coefficient (Wildman–Crippen LogP) is 2.04. The van der Waals surface area contributed by atoms with Gasteiger partial charge in [-0.25, -0.2) is 13.1 Å². The first-order valence-electron chi connectivity index (χ1n) is 6.46. The minimum absolute atomic E-state index is 0.214. The third-order valence-electron chi connectivity index (χ3n) is 3.89. The summed E-state index contributed by atoms with van der Waals surface area (Å²) in [5.74, 6) is 0.674. The summed E-state index contributed by atoms with van der Waals surface area (Å²) in [5.41, 5.74) is -0.365. The van der Waals surface area contributed by atoms with Crippen LogP contribution in [-0.4, -0.2) is 29.1 Å². The van der Waals surface area contributed by atoms with E-state index in [1.54, 1.807) is 7.05 Å². The summed E-state index contributed by atoms with van der Waals surface area (Å²) in [5, 5.41) is 4.78. The Labute approximate surface area is 122 Å². The van der Waals surface area contributed by atoms with Gasteiger partial charge in [0.05, 0.1) is 6.20 Å². The van der Waals surface area contributed by atoms with Crippen molar-refractivity contribution in [2.45, 2.75) is 43.2 Å². The van der Waals surface area contributed by atoms with Crippen molar-refractivity contribution in [2.24, 2.45) is 13.0 Å². The van der Waals surface area contributed by atoms with Crippen LogP contribution in [0.3, 0.4) is 0 Å². The standard InChI is InChI=1S/C12H20BrN3O2S/c1-10-3-6-12(9-13,7-4-10)15-19(17,18)11-5-8-14-16(11)2/h5,8,10,15H,3-4,6-7,9H2,1-2H3. The normalized spacial score (nSPS) is 28.5. The minimum atomic E-state index is -3.51. The van der Waals surface area contributed by atoms with Gasteiger partial charge in [-0.05, 0) is 37.7 Å². The first-order valence-corrected chi connectivity index (χ1v) is 9.07. The molecule has 0 atom stereocenters. The van der Waals surface area contributed by atoms with E-state index in [9.17, 15) is 8.42 Å². The Bertz CT molecular complexity index is 533. The number of sulfonamides is 1. The number of nitrogens with zero attached hydrogens (tertiary/aromatic N) is 2. The Kier molecular flexibility index (Phi) is 4.37. The molecule has 1 N–H and O–H groups in total. The van der Waals surface area contributed by atoms with Crippen molar-refractivity contribution in [3.63, 3.8) is 0 Å². The lowest BCUT2D eigenvalue weighted by Gasteiger charge is -2.38. The lowest BCUT2D eigenvalue weighted by atomic mass is 9.79. The van der Waals surface area contributed by atoms with Crippen molar-refractivity contribution in [2.75, 3.05) is 5.33 Å². The number of aromatic nitrogens is 2. The SMILES string of the molecule is CC1CCC(CBr)(NS(=O)(=O)c2ccnn2C)CC1. The Balaban J connectivity index is 2.21. The average molecular weight is 350 g/mol.